The molecule has 1 aliphatic carbocycles. The fraction of sp³-hybridized carbons (Fsp3) is 0.364. The van der Waals surface area contributed by atoms with Crippen LogP contribution in [-0.4, -0.2) is 18.5 Å². The van der Waals surface area contributed by atoms with Gasteiger partial charge < -0.3 is 4.90 Å². The molecule has 0 heterocycles. The Kier molecular flexibility index (Phi) is 4.05. The Bertz CT molecular complexity index is 760. The molecule has 118 valence electrons. The fourth-order valence-corrected chi connectivity index (χ4v) is 4.25. The van der Waals surface area contributed by atoms with E-state index in [1.165, 1.54) is 59.3 Å². The average molecular weight is 303 g/mol. The van der Waals surface area contributed by atoms with Gasteiger partial charge in [0.05, 0.1) is 0 Å². The first-order chi connectivity index (χ1) is 11.3. The predicted octanol–water partition coefficient (Wildman–Crippen LogP) is 5.62. The minimum atomic E-state index is 0.904. The Morgan fingerprint density at radius 2 is 1.43 bits per heavy atom. The summed E-state index contributed by atoms with van der Waals surface area (Å²) in [6.45, 7) is 2.27. The largest absolute Gasteiger partial charge is 0.302 e. The van der Waals surface area contributed by atoms with Gasteiger partial charge in [-0.3, -0.25) is 0 Å². The molecule has 0 atom stereocenters. The Morgan fingerprint density at radius 3 is 2.04 bits per heavy atom. The Balaban J connectivity index is 1.73. The minimum Gasteiger partial charge on any atom is -0.302 e. The maximum Gasteiger partial charge on any atom is 0.0243 e. The van der Waals surface area contributed by atoms with Crippen LogP contribution in [0.25, 0.3) is 21.5 Å². The highest BCUT2D eigenvalue weighted by atomic mass is 15.1. The zero-order valence-corrected chi connectivity index (χ0v) is 14.0. The summed E-state index contributed by atoms with van der Waals surface area (Å²) < 4.78 is 0. The molecule has 0 saturated heterocycles. The number of hydrogen-bond acceptors (Lipinski definition) is 1. The first-order valence-corrected chi connectivity index (χ1v) is 8.89. The maximum absolute atomic E-state index is 2.53. The number of benzene rings is 3. The van der Waals surface area contributed by atoms with Gasteiger partial charge >= 0.3 is 0 Å². The average Bonchev–Trinajstić information content (AvgIpc) is 3.07. The third kappa shape index (κ3) is 2.98. The van der Waals surface area contributed by atoms with E-state index in [1.807, 2.05) is 0 Å². The predicted molar refractivity (Wildman–Crippen MR) is 99.7 cm³/mol. The Hall–Kier alpha value is -1.86. The van der Waals surface area contributed by atoms with Gasteiger partial charge in [-0.05, 0) is 59.0 Å². The molecular formula is C22H25N. The van der Waals surface area contributed by atoms with Crippen molar-refractivity contribution in [1.82, 2.24) is 4.90 Å². The molecule has 0 aromatic heterocycles. The van der Waals surface area contributed by atoms with Crippen LogP contribution in [0.2, 0.25) is 0 Å². The lowest BCUT2D eigenvalue weighted by atomic mass is 9.96. The van der Waals surface area contributed by atoms with Gasteiger partial charge in [-0.2, -0.15) is 0 Å². The van der Waals surface area contributed by atoms with Gasteiger partial charge in [0, 0.05) is 13.1 Å². The van der Waals surface area contributed by atoms with Gasteiger partial charge in [0.1, 0.15) is 0 Å². The molecular weight excluding hydrogens is 278 g/mol. The molecule has 1 fully saturated rings. The van der Waals surface area contributed by atoms with E-state index in [0.717, 1.165) is 12.5 Å². The second-order valence-corrected chi connectivity index (χ2v) is 7.14. The van der Waals surface area contributed by atoms with Crippen molar-refractivity contribution in [3.05, 3.63) is 60.2 Å². The number of hydrogen-bond donors (Lipinski definition) is 0. The molecule has 0 bridgehead atoms. The van der Waals surface area contributed by atoms with E-state index in [1.54, 1.807) is 0 Å². The van der Waals surface area contributed by atoms with E-state index < -0.39 is 0 Å². The zero-order valence-electron chi connectivity index (χ0n) is 14.0. The molecule has 1 nitrogen and oxygen atoms in total. The third-order valence-electron chi connectivity index (χ3n) is 5.36. The first kappa shape index (κ1) is 14.7. The van der Waals surface area contributed by atoms with Crippen molar-refractivity contribution < 1.29 is 0 Å². The van der Waals surface area contributed by atoms with E-state index in [9.17, 15) is 0 Å². The van der Waals surface area contributed by atoms with E-state index in [2.05, 4.69) is 66.5 Å². The van der Waals surface area contributed by atoms with Crippen molar-refractivity contribution in [3.8, 4) is 0 Å². The minimum absolute atomic E-state index is 0.904. The van der Waals surface area contributed by atoms with Crippen molar-refractivity contribution in [3.63, 3.8) is 0 Å². The number of nitrogens with zero attached hydrogens (tertiary/aromatic N) is 1. The zero-order chi connectivity index (χ0) is 15.6. The lowest BCUT2D eigenvalue weighted by molar-refractivity contribution is 0.273. The fourth-order valence-electron chi connectivity index (χ4n) is 4.25. The van der Waals surface area contributed by atoms with E-state index in [4.69, 9.17) is 0 Å². The monoisotopic (exact) mass is 303 g/mol. The Morgan fingerprint density at radius 1 is 0.870 bits per heavy atom. The van der Waals surface area contributed by atoms with Crippen molar-refractivity contribution in [2.75, 3.05) is 13.6 Å². The van der Waals surface area contributed by atoms with Crippen LogP contribution in [0.15, 0.2) is 54.6 Å². The molecule has 4 rings (SSSR count). The van der Waals surface area contributed by atoms with Crippen LogP contribution >= 0.6 is 0 Å². The van der Waals surface area contributed by atoms with Gasteiger partial charge in [0.2, 0.25) is 0 Å². The molecule has 1 aliphatic rings. The number of rotatable bonds is 4. The first-order valence-electron chi connectivity index (χ1n) is 8.89. The highest BCUT2D eigenvalue weighted by Gasteiger charge is 2.18. The van der Waals surface area contributed by atoms with Crippen LogP contribution < -0.4 is 0 Å². The maximum atomic E-state index is 2.53. The van der Waals surface area contributed by atoms with Gasteiger partial charge in [0.15, 0.2) is 0 Å². The summed E-state index contributed by atoms with van der Waals surface area (Å²) in [5, 5.41) is 5.53. The summed E-state index contributed by atoms with van der Waals surface area (Å²) in [5.41, 5.74) is 1.49. The molecule has 0 unspecified atom stereocenters. The molecule has 3 aromatic carbocycles. The molecule has 0 aliphatic heterocycles. The van der Waals surface area contributed by atoms with Gasteiger partial charge in [0.25, 0.3) is 0 Å². The summed E-state index contributed by atoms with van der Waals surface area (Å²) in [5.74, 6) is 0.904. The van der Waals surface area contributed by atoms with Crippen LogP contribution in [0, 0.1) is 5.92 Å². The van der Waals surface area contributed by atoms with Crippen molar-refractivity contribution in [2.45, 2.75) is 32.2 Å². The van der Waals surface area contributed by atoms with E-state index in [-0.39, 0.29) is 0 Å². The van der Waals surface area contributed by atoms with Crippen molar-refractivity contribution in [2.24, 2.45) is 5.92 Å². The summed E-state index contributed by atoms with van der Waals surface area (Å²) in [6, 6.07) is 20.0. The smallest absolute Gasteiger partial charge is 0.0243 e. The molecule has 0 amide bonds. The molecule has 3 aromatic rings. The van der Waals surface area contributed by atoms with Crippen molar-refractivity contribution >= 4 is 21.5 Å². The van der Waals surface area contributed by atoms with Crippen LogP contribution in [0.4, 0.5) is 0 Å². The standard InChI is InChI=1S/C22H25N/c1-23(15-17-8-2-3-9-17)16-22-20-12-6-4-10-18(20)14-19-11-5-7-13-21(19)22/h4-7,10-14,17H,2-3,8-9,15-16H2,1H3. The van der Waals surface area contributed by atoms with E-state index >= 15 is 0 Å². The molecule has 0 spiro atoms. The molecule has 0 radical (unpaired) electrons. The normalized spacial score (nSPS) is 15.9. The highest BCUT2D eigenvalue weighted by Crippen LogP contribution is 2.30. The summed E-state index contributed by atoms with van der Waals surface area (Å²) in [4.78, 5) is 2.53. The van der Waals surface area contributed by atoms with Crippen molar-refractivity contribution in [1.29, 1.82) is 0 Å². The topological polar surface area (TPSA) is 3.24 Å². The van der Waals surface area contributed by atoms with E-state index in [0.29, 0.717) is 0 Å². The highest BCUT2D eigenvalue weighted by molar-refractivity contribution is 6.02. The van der Waals surface area contributed by atoms with Crippen LogP contribution in [0.1, 0.15) is 31.2 Å². The molecule has 23 heavy (non-hydrogen) atoms. The van der Waals surface area contributed by atoms with Gasteiger partial charge in [-0.25, -0.2) is 0 Å². The summed E-state index contributed by atoms with van der Waals surface area (Å²) in [7, 11) is 2.29. The SMILES string of the molecule is CN(Cc1c2ccccc2cc2ccccc12)CC1CCCC1. The van der Waals surface area contributed by atoms with Gasteiger partial charge in [-0.1, -0.05) is 61.4 Å². The second-order valence-electron chi connectivity index (χ2n) is 7.14. The van der Waals surface area contributed by atoms with Crippen LogP contribution in [-0.2, 0) is 6.54 Å². The Labute approximate surface area is 138 Å². The number of fused-ring (bicyclic) bond motifs is 2. The second kappa shape index (κ2) is 6.33. The molecule has 1 saturated carbocycles. The summed E-state index contributed by atoms with van der Waals surface area (Å²) in [6.07, 6.45) is 5.69. The summed E-state index contributed by atoms with van der Waals surface area (Å²) >= 11 is 0. The van der Waals surface area contributed by atoms with Crippen LogP contribution in [0.3, 0.4) is 0 Å². The van der Waals surface area contributed by atoms with Gasteiger partial charge in [-0.15, -0.1) is 0 Å². The lowest BCUT2D eigenvalue weighted by Crippen LogP contribution is -2.24. The third-order valence-corrected chi connectivity index (χ3v) is 5.36. The van der Waals surface area contributed by atoms with Crippen LogP contribution in [0.5, 0.6) is 0 Å². The molecule has 1 heteroatoms. The molecule has 0 N–H and O–H groups in total. The quantitative estimate of drug-likeness (QED) is 0.566. The lowest BCUT2D eigenvalue weighted by Gasteiger charge is -2.22.